The number of hydrogen-bond acceptors (Lipinski definition) is 7. The molecule has 0 fully saturated rings. The van der Waals surface area contributed by atoms with E-state index in [2.05, 4.69) is 30.8 Å². The lowest BCUT2D eigenvalue weighted by atomic mass is 10.2. The molecule has 1 aromatic heterocycles. The molecule has 29 heavy (non-hydrogen) atoms. The van der Waals surface area contributed by atoms with Crippen molar-refractivity contribution in [3.8, 4) is 11.5 Å². The predicted octanol–water partition coefficient (Wildman–Crippen LogP) is 1.89. The van der Waals surface area contributed by atoms with E-state index in [0.717, 1.165) is 0 Å². The molecule has 0 aliphatic heterocycles. The molecule has 1 heterocycles. The summed E-state index contributed by atoms with van der Waals surface area (Å²) in [5.41, 5.74) is -0.469. The fraction of sp³-hybridized carbons (Fsp3) is 0.158. The zero-order valence-corrected chi connectivity index (χ0v) is 17.1. The summed E-state index contributed by atoms with van der Waals surface area (Å²) in [5, 5.41) is 4.33. The van der Waals surface area contributed by atoms with Gasteiger partial charge in [0, 0.05) is 10.0 Å². The predicted molar refractivity (Wildman–Crippen MR) is 110 cm³/mol. The Morgan fingerprint density at radius 3 is 2.72 bits per heavy atom. The van der Waals surface area contributed by atoms with Crippen molar-refractivity contribution in [1.82, 2.24) is 9.66 Å². The lowest BCUT2D eigenvalue weighted by Gasteiger charge is -2.13. The highest BCUT2D eigenvalue weighted by Gasteiger charge is 2.14. The summed E-state index contributed by atoms with van der Waals surface area (Å²) in [6, 6.07) is 9.90. The second-order valence-electron chi connectivity index (χ2n) is 5.73. The highest BCUT2D eigenvalue weighted by molar-refractivity contribution is 9.10. The van der Waals surface area contributed by atoms with Crippen LogP contribution in [0.4, 0.5) is 0 Å². The molecule has 0 unspecified atom stereocenters. The number of H-pyrrole nitrogens is 1. The van der Waals surface area contributed by atoms with Crippen LogP contribution in [-0.2, 0) is 9.53 Å². The summed E-state index contributed by atoms with van der Waals surface area (Å²) < 4.78 is 16.7. The third-order valence-corrected chi connectivity index (χ3v) is 4.38. The quantitative estimate of drug-likeness (QED) is 0.443. The molecule has 0 saturated carbocycles. The maximum Gasteiger partial charge on any atom is 0.349 e. The van der Waals surface area contributed by atoms with Crippen LogP contribution in [0.3, 0.4) is 0 Å². The van der Waals surface area contributed by atoms with Gasteiger partial charge in [0.05, 0.1) is 31.3 Å². The van der Waals surface area contributed by atoms with Crippen LogP contribution in [0.15, 0.2) is 55.6 Å². The highest BCUT2D eigenvalue weighted by atomic mass is 79.9. The van der Waals surface area contributed by atoms with Crippen molar-refractivity contribution in [1.29, 1.82) is 0 Å². The van der Waals surface area contributed by atoms with Crippen LogP contribution in [0, 0.1) is 0 Å². The third-order valence-electron chi connectivity index (χ3n) is 3.93. The summed E-state index contributed by atoms with van der Waals surface area (Å²) in [5.74, 6) is -0.0559. The molecule has 0 aliphatic rings. The molecule has 3 aromatic rings. The summed E-state index contributed by atoms with van der Waals surface area (Å²) in [4.78, 5) is 38.9. The van der Waals surface area contributed by atoms with E-state index in [1.165, 1.54) is 20.4 Å². The van der Waals surface area contributed by atoms with Crippen molar-refractivity contribution in [2.75, 3.05) is 20.8 Å². The number of para-hydroxylation sites is 1. The summed E-state index contributed by atoms with van der Waals surface area (Å²) >= 11 is 3.34. The molecule has 2 aromatic carbocycles. The Bertz CT molecular complexity index is 1210. The number of carbonyl (C=O) groups is 1. The second-order valence-corrected chi connectivity index (χ2v) is 6.64. The minimum absolute atomic E-state index is 0.204. The average Bonchev–Trinajstić information content (AvgIpc) is 2.72. The van der Waals surface area contributed by atoms with Gasteiger partial charge in [-0.2, -0.15) is 5.10 Å². The molecule has 3 rings (SSSR count). The van der Waals surface area contributed by atoms with Gasteiger partial charge in [0.15, 0.2) is 18.1 Å². The summed E-state index contributed by atoms with van der Waals surface area (Å²) in [6.45, 7) is -0.355. The monoisotopic (exact) mass is 461 g/mol. The number of esters is 1. The first-order valence-corrected chi connectivity index (χ1v) is 9.09. The van der Waals surface area contributed by atoms with E-state index in [-0.39, 0.29) is 12.4 Å². The molecule has 150 valence electrons. The van der Waals surface area contributed by atoms with Crippen molar-refractivity contribution >= 4 is 39.0 Å². The van der Waals surface area contributed by atoms with E-state index in [1.54, 1.807) is 36.4 Å². The van der Waals surface area contributed by atoms with E-state index < -0.39 is 17.2 Å². The van der Waals surface area contributed by atoms with Gasteiger partial charge in [-0.1, -0.05) is 28.1 Å². The molecule has 0 atom stereocenters. The van der Waals surface area contributed by atoms with Gasteiger partial charge in [-0.15, -0.1) is 4.68 Å². The number of nitrogens with one attached hydrogen (secondary N) is 1. The number of benzene rings is 2. The first-order valence-electron chi connectivity index (χ1n) is 8.30. The Morgan fingerprint density at radius 2 is 2.00 bits per heavy atom. The van der Waals surface area contributed by atoms with Gasteiger partial charge >= 0.3 is 11.7 Å². The van der Waals surface area contributed by atoms with Crippen LogP contribution in [0.5, 0.6) is 11.5 Å². The molecule has 0 aliphatic carbocycles. The maximum absolute atomic E-state index is 12.6. The summed E-state index contributed by atoms with van der Waals surface area (Å²) in [7, 11) is 2.68. The number of fused-ring (bicyclic) bond motifs is 1. The number of rotatable bonds is 6. The van der Waals surface area contributed by atoms with E-state index in [0.29, 0.717) is 31.4 Å². The average molecular weight is 462 g/mol. The number of carbonyl (C=O) groups excluding carboxylic acids is 1. The Hall–Kier alpha value is -3.40. The standard InChI is InChI=1S/C19H16BrN3O6/c1-27-15-8-12(20)7-11(17(15)29-10-16(24)28-2)9-21-23-18(25)13-5-3-4-6-14(13)22-19(23)26/h3-9H,10H2,1-2H3,(H,22,26). The van der Waals surface area contributed by atoms with Crippen LogP contribution in [0.2, 0.25) is 0 Å². The lowest BCUT2D eigenvalue weighted by Crippen LogP contribution is -2.32. The fourth-order valence-electron chi connectivity index (χ4n) is 2.56. The number of ether oxygens (including phenoxy) is 3. The van der Waals surface area contributed by atoms with E-state index in [9.17, 15) is 14.4 Å². The molecule has 9 nitrogen and oxygen atoms in total. The number of nitrogens with zero attached hydrogens (tertiary/aromatic N) is 2. The second kappa shape index (κ2) is 8.74. The smallest absolute Gasteiger partial charge is 0.349 e. The van der Waals surface area contributed by atoms with Gasteiger partial charge in [0.2, 0.25) is 0 Å². The van der Waals surface area contributed by atoms with Crippen LogP contribution in [0.25, 0.3) is 10.9 Å². The Morgan fingerprint density at radius 1 is 1.24 bits per heavy atom. The molecular formula is C19H16BrN3O6. The Kier molecular flexibility index (Phi) is 6.13. The third kappa shape index (κ3) is 4.37. The molecule has 1 N–H and O–H groups in total. The van der Waals surface area contributed by atoms with Crippen molar-refractivity contribution in [3.63, 3.8) is 0 Å². The van der Waals surface area contributed by atoms with Gasteiger partial charge in [-0.25, -0.2) is 9.59 Å². The van der Waals surface area contributed by atoms with Crippen LogP contribution in [-0.4, -0.2) is 42.7 Å². The van der Waals surface area contributed by atoms with Crippen LogP contribution in [0.1, 0.15) is 5.56 Å². The molecular weight excluding hydrogens is 446 g/mol. The number of aromatic amines is 1. The normalized spacial score (nSPS) is 11.0. The van der Waals surface area contributed by atoms with Crippen LogP contribution >= 0.6 is 15.9 Å². The van der Waals surface area contributed by atoms with Crippen LogP contribution < -0.4 is 20.7 Å². The van der Waals surface area contributed by atoms with E-state index in [1.807, 2.05) is 0 Å². The van der Waals surface area contributed by atoms with Crippen molar-refractivity contribution in [2.24, 2.45) is 5.10 Å². The Labute approximate surface area is 172 Å². The highest BCUT2D eigenvalue weighted by Crippen LogP contribution is 2.34. The molecule has 0 radical (unpaired) electrons. The van der Waals surface area contributed by atoms with Gasteiger partial charge in [0.1, 0.15) is 0 Å². The largest absolute Gasteiger partial charge is 0.493 e. The maximum atomic E-state index is 12.6. The van der Waals surface area contributed by atoms with Gasteiger partial charge in [0.25, 0.3) is 5.56 Å². The number of aromatic nitrogens is 2. The zero-order valence-electron chi connectivity index (χ0n) is 15.5. The van der Waals surface area contributed by atoms with Crippen molar-refractivity contribution < 1.29 is 19.0 Å². The minimum Gasteiger partial charge on any atom is -0.493 e. The van der Waals surface area contributed by atoms with E-state index in [4.69, 9.17) is 9.47 Å². The molecule has 0 saturated heterocycles. The van der Waals surface area contributed by atoms with Gasteiger partial charge < -0.3 is 19.2 Å². The Balaban J connectivity index is 2.08. The van der Waals surface area contributed by atoms with Crippen molar-refractivity contribution in [2.45, 2.75) is 0 Å². The molecule has 0 spiro atoms. The zero-order chi connectivity index (χ0) is 21.0. The van der Waals surface area contributed by atoms with Gasteiger partial charge in [-0.3, -0.25) is 4.79 Å². The number of methoxy groups -OCH3 is 2. The first-order chi connectivity index (χ1) is 13.9. The van der Waals surface area contributed by atoms with Crippen molar-refractivity contribution in [3.05, 3.63) is 67.3 Å². The summed E-state index contributed by atoms with van der Waals surface area (Å²) in [6.07, 6.45) is 1.27. The topological polar surface area (TPSA) is 112 Å². The fourth-order valence-corrected chi connectivity index (χ4v) is 3.01. The van der Waals surface area contributed by atoms with E-state index >= 15 is 0 Å². The number of halogens is 1. The molecule has 0 bridgehead atoms. The van der Waals surface area contributed by atoms with Gasteiger partial charge in [-0.05, 0) is 24.3 Å². The molecule has 10 heteroatoms. The minimum atomic E-state index is -0.691. The number of hydrogen-bond donors (Lipinski definition) is 1. The molecule has 0 amide bonds. The SMILES string of the molecule is COC(=O)COc1c(C=Nn2c(=O)[nH]c3ccccc3c2=O)cc(Br)cc1OC. The lowest BCUT2D eigenvalue weighted by molar-refractivity contribution is -0.142. The first kappa shape index (κ1) is 20.3.